The average Bonchev–Trinajstić information content (AvgIpc) is 2.36. The number of hydrogen-bond donors (Lipinski definition) is 0. The van der Waals surface area contributed by atoms with Crippen LogP contribution in [0.5, 0.6) is 0 Å². The highest BCUT2D eigenvalue weighted by Crippen LogP contribution is 2.31. The van der Waals surface area contributed by atoms with Crippen LogP contribution < -0.4 is 10.4 Å². The molecule has 0 aromatic heterocycles. The van der Waals surface area contributed by atoms with Gasteiger partial charge in [0.25, 0.3) is 0 Å². The van der Waals surface area contributed by atoms with Crippen molar-refractivity contribution in [1.29, 1.82) is 0 Å². The highest BCUT2D eigenvalue weighted by molar-refractivity contribution is 5.75. The summed E-state index contributed by atoms with van der Waals surface area (Å²) < 4.78 is 0. The fourth-order valence-electron chi connectivity index (χ4n) is 2.81. The molecule has 0 saturated heterocycles. The summed E-state index contributed by atoms with van der Waals surface area (Å²) in [5.41, 5.74) is 6.75. The molecule has 0 bridgehead atoms. The molecule has 0 unspecified atom stereocenters. The van der Waals surface area contributed by atoms with E-state index in [1.807, 2.05) is 0 Å². The molecule has 2 aromatic rings. The first-order valence-electron chi connectivity index (χ1n) is 6.33. The van der Waals surface area contributed by atoms with E-state index < -0.39 is 0 Å². The molecule has 0 heterocycles. The van der Waals surface area contributed by atoms with Gasteiger partial charge in [-0.1, -0.05) is 6.58 Å². The molecular weight excluding hydrogens is 216 g/mol. The number of benzene rings is 2. The van der Waals surface area contributed by atoms with E-state index in [-0.39, 0.29) is 0 Å². The zero-order chi connectivity index (χ0) is 12.9. The lowest BCUT2D eigenvalue weighted by atomic mass is 9.80. The third-order valence-corrected chi connectivity index (χ3v) is 3.88. The van der Waals surface area contributed by atoms with E-state index in [9.17, 15) is 0 Å². The summed E-state index contributed by atoms with van der Waals surface area (Å²) in [5, 5.41) is 2.43. The van der Waals surface area contributed by atoms with Crippen molar-refractivity contribution in [3.63, 3.8) is 0 Å². The van der Waals surface area contributed by atoms with Crippen LogP contribution in [0.15, 0.2) is 36.4 Å². The second-order valence-corrected chi connectivity index (χ2v) is 5.18. The van der Waals surface area contributed by atoms with Gasteiger partial charge < -0.3 is 0 Å². The molecule has 0 heteroatoms. The van der Waals surface area contributed by atoms with Gasteiger partial charge in [0.2, 0.25) is 0 Å². The van der Waals surface area contributed by atoms with Crippen molar-refractivity contribution < 1.29 is 0 Å². The maximum absolute atomic E-state index is 4.04. The normalized spacial score (nSPS) is 13.3. The van der Waals surface area contributed by atoms with E-state index in [0.717, 1.165) is 5.22 Å². The van der Waals surface area contributed by atoms with Gasteiger partial charge in [-0.25, -0.2) is 0 Å². The standard InChI is InChI=1S/C18H17/c1-11-5-7-15-14(4)18-10-12(2)6-8-16(18)13(3)17(15)9-11/h5-10H,1H2,2-4H3/q+1. The smallest absolute Gasteiger partial charge is 0.0838 e. The molecule has 3 rings (SSSR count). The van der Waals surface area contributed by atoms with E-state index in [1.165, 1.54) is 39.0 Å². The molecule has 18 heavy (non-hydrogen) atoms. The molecule has 0 N–H and O–H groups in total. The molecule has 0 fully saturated rings. The van der Waals surface area contributed by atoms with E-state index in [2.05, 4.69) is 63.7 Å². The fourth-order valence-corrected chi connectivity index (χ4v) is 2.81. The van der Waals surface area contributed by atoms with Crippen molar-refractivity contribution in [2.45, 2.75) is 20.8 Å². The Morgan fingerprint density at radius 2 is 1.72 bits per heavy atom. The lowest BCUT2D eigenvalue weighted by molar-refractivity contribution is 1.12. The van der Waals surface area contributed by atoms with Gasteiger partial charge in [-0.05, 0) is 50.6 Å². The van der Waals surface area contributed by atoms with Crippen LogP contribution in [0.3, 0.4) is 0 Å². The summed E-state index contributed by atoms with van der Waals surface area (Å²) in [6, 6.07) is 13.2. The number of fused-ring (bicyclic) bond motifs is 2. The third-order valence-electron chi connectivity index (χ3n) is 3.88. The summed E-state index contributed by atoms with van der Waals surface area (Å²) in [7, 11) is 0. The second kappa shape index (κ2) is 3.78. The molecule has 1 aliphatic carbocycles. The Hall–Kier alpha value is -1.95. The first-order chi connectivity index (χ1) is 8.58. The number of hydrogen-bond acceptors (Lipinski definition) is 0. The lowest BCUT2D eigenvalue weighted by Gasteiger charge is -2.17. The quantitative estimate of drug-likeness (QED) is 0.614. The van der Waals surface area contributed by atoms with E-state index in [4.69, 9.17) is 0 Å². The van der Waals surface area contributed by atoms with Crippen LogP contribution in [0.1, 0.15) is 36.1 Å². The molecule has 2 aromatic carbocycles. The number of aryl methyl sites for hydroxylation is 1. The fraction of sp³-hybridized carbons (Fsp3) is 0.167. The predicted molar refractivity (Wildman–Crippen MR) is 77.7 cm³/mol. The summed E-state index contributed by atoms with van der Waals surface area (Å²) in [6.07, 6.45) is 0. The first-order valence-corrected chi connectivity index (χ1v) is 6.33. The van der Waals surface area contributed by atoms with Gasteiger partial charge >= 0.3 is 0 Å². The van der Waals surface area contributed by atoms with Gasteiger partial charge in [-0.2, -0.15) is 0 Å². The molecule has 0 amide bonds. The van der Waals surface area contributed by atoms with Crippen molar-refractivity contribution in [3.05, 3.63) is 75.0 Å². The Morgan fingerprint density at radius 1 is 0.944 bits per heavy atom. The maximum atomic E-state index is 4.04. The molecule has 88 valence electrons. The Kier molecular flexibility index (Phi) is 2.34. The lowest BCUT2D eigenvalue weighted by Crippen LogP contribution is -2.24. The average molecular weight is 233 g/mol. The molecule has 0 aliphatic heterocycles. The molecule has 0 atom stereocenters. The van der Waals surface area contributed by atoms with E-state index in [1.54, 1.807) is 0 Å². The van der Waals surface area contributed by atoms with Crippen molar-refractivity contribution in [3.8, 4) is 0 Å². The van der Waals surface area contributed by atoms with Gasteiger partial charge in [0.15, 0.2) is 0 Å². The predicted octanol–water partition coefficient (Wildman–Crippen LogP) is 2.93. The Balaban J connectivity index is 2.45. The van der Waals surface area contributed by atoms with Gasteiger partial charge in [0.1, 0.15) is 0 Å². The minimum absolute atomic E-state index is 1.08. The summed E-state index contributed by atoms with van der Waals surface area (Å²) in [6.45, 7) is 10.6. The van der Waals surface area contributed by atoms with Crippen molar-refractivity contribution >= 4 is 12.2 Å². The Labute approximate surface area is 108 Å². The van der Waals surface area contributed by atoms with E-state index >= 15 is 0 Å². The molecule has 0 nitrogen and oxygen atoms in total. The Bertz CT molecular complexity index is 735. The highest BCUT2D eigenvalue weighted by atomic mass is 14.2. The van der Waals surface area contributed by atoms with Crippen LogP contribution in [0.2, 0.25) is 0 Å². The molecule has 1 aliphatic rings. The van der Waals surface area contributed by atoms with Crippen LogP contribution in [0.4, 0.5) is 0 Å². The Morgan fingerprint density at radius 3 is 2.50 bits per heavy atom. The van der Waals surface area contributed by atoms with Crippen LogP contribution in [0, 0.1) is 12.8 Å². The van der Waals surface area contributed by atoms with Crippen LogP contribution >= 0.6 is 0 Å². The molecule has 0 saturated carbocycles. The zero-order valence-corrected chi connectivity index (χ0v) is 11.2. The third kappa shape index (κ3) is 1.49. The highest BCUT2D eigenvalue weighted by Gasteiger charge is 2.27. The van der Waals surface area contributed by atoms with Crippen molar-refractivity contribution in [2.75, 3.05) is 0 Å². The second-order valence-electron chi connectivity index (χ2n) is 5.18. The maximum Gasteiger partial charge on any atom is 0.0843 e. The molecule has 0 spiro atoms. The summed E-state index contributed by atoms with van der Waals surface area (Å²) >= 11 is 0. The largest absolute Gasteiger partial charge is 0.0843 e. The van der Waals surface area contributed by atoms with Gasteiger partial charge in [-0.3, -0.25) is 0 Å². The van der Waals surface area contributed by atoms with Crippen LogP contribution in [-0.4, -0.2) is 0 Å². The van der Waals surface area contributed by atoms with Gasteiger partial charge in [-0.15, -0.1) is 0 Å². The van der Waals surface area contributed by atoms with Gasteiger partial charge in [0.05, 0.1) is 21.9 Å². The van der Waals surface area contributed by atoms with Gasteiger partial charge in [0, 0.05) is 28.8 Å². The van der Waals surface area contributed by atoms with Crippen LogP contribution in [0.25, 0.3) is 12.2 Å². The summed E-state index contributed by atoms with van der Waals surface area (Å²) in [5.74, 6) is 1.36. The summed E-state index contributed by atoms with van der Waals surface area (Å²) in [4.78, 5) is 0. The molecular formula is C18H17+. The first kappa shape index (κ1) is 11.2. The van der Waals surface area contributed by atoms with Crippen LogP contribution in [-0.2, 0) is 0 Å². The molecule has 0 radical (unpaired) electrons. The minimum atomic E-state index is 1.08. The van der Waals surface area contributed by atoms with E-state index in [0.29, 0.717) is 0 Å². The SMILES string of the molecule is C=c1ccc2c(c1)[C+](C)c1ccc(C)cc1C=2C. The minimum Gasteiger partial charge on any atom is -0.0838 e. The zero-order valence-electron chi connectivity index (χ0n) is 11.2. The topological polar surface area (TPSA) is 0 Å². The van der Waals surface area contributed by atoms with Crippen molar-refractivity contribution in [1.82, 2.24) is 0 Å². The van der Waals surface area contributed by atoms with Crippen molar-refractivity contribution in [2.24, 2.45) is 0 Å². The monoisotopic (exact) mass is 233 g/mol. The number of rotatable bonds is 0.